The van der Waals surface area contributed by atoms with Crippen molar-refractivity contribution in [2.24, 2.45) is 0 Å². The van der Waals surface area contributed by atoms with Crippen LogP contribution in [-0.2, 0) is 0 Å². The molecule has 2 rings (SSSR count). The van der Waals surface area contributed by atoms with Crippen LogP contribution in [-0.4, -0.2) is 93.9 Å². The number of nitro benzene ring substituents is 1. The quantitative estimate of drug-likeness (QED) is 0.169. The van der Waals surface area contributed by atoms with Crippen LogP contribution in [0.3, 0.4) is 0 Å². The maximum Gasteiger partial charge on any atom is 0.294 e. The first-order chi connectivity index (χ1) is 15.3. The summed E-state index contributed by atoms with van der Waals surface area (Å²) in [5, 5.41) is 53.8. The Bertz CT molecular complexity index is 718. The number of aliphatic hydroxyl groups excluding tert-OH is 4. The molecular formula is C22H38N4O6. The lowest BCUT2D eigenvalue weighted by atomic mass is 9.94. The number of anilines is 2. The highest BCUT2D eigenvalue weighted by atomic mass is 16.6. The van der Waals surface area contributed by atoms with Crippen molar-refractivity contribution in [2.75, 3.05) is 49.5 Å². The zero-order chi connectivity index (χ0) is 23.7. The number of hydrogen-bond acceptors (Lipinski definition) is 9. The van der Waals surface area contributed by atoms with E-state index in [1.807, 2.05) is 24.8 Å². The minimum absolute atomic E-state index is 0.0776. The normalized spacial score (nSPS) is 23.8. The van der Waals surface area contributed by atoms with E-state index in [0.29, 0.717) is 18.8 Å². The Morgan fingerprint density at radius 2 is 1.81 bits per heavy atom. The summed E-state index contributed by atoms with van der Waals surface area (Å²) < 4.78 is 0. The summed E-state index contributed by atoms with van der Waals surface area (Å²) in [5.41, 5.74) is 1.44. The van der Waals surface area contributed by atoms with Crippen LogP contribution in [0.5, 0.6) is 0 Å². The number of piperidine rings is 1. The lowest BCUT2D eigenvalue weighted by Gasteiger charge is -2.43. The van der Waals surface area contributed by atoms with E-state index < -0.39 is 24.4 Å². The van der Waals surface area contributed by atoms with Gasteiger partial charge in [-0.05, 0) is 45.4 Å². The van der Waals surface area contributed by atoms with Gasteiger partial charge in [-0.2, -0.15) is 0 Å². The van der Waals surface area contributed by atoms with Crippen molar-refractivity contribution < 1.29 is 25.3 Å². The maximum absolute atomic E-state index is 11.5. The van der Waals surface area contributed by atoms with Crippen molar-refractivity contribution in [3.05, 3.63) is 28.3 Å². The first-order valence-corrected chi connectivity index (χ1v) is 11.5. The molecule has 1 aliphatic rings. The largest absolute Gasteiger partial charge is 0.395 e. The van der Waals surface area contributed by atoms with Crippen LogP contribution in [0.4, 0.5) is 17.1 Å². The number of hydrogen-bond donors (Lipinski definition) is 5. The number of nitro groups is 1. The zero-order valence-corrected chi connectivity index (χ0v) is 19.1. The molecule has 4 atom stereocenters. The van der Waals surface area contributed by atoms with Gasteiger partial charge < -0.3 is 30.6 Å². The first kappa shape index (κ1) is 26.3. The van der Waals surface area contributed by atoms with Gasteiger partial charge >= 0.3 is 0 Å². The molecule has 1 heterocycles. The van der Waals surface area contributed by atoms with Gasteiger partial charge in [-0.25, -0.2) is 0 Å². The van der Waals surface area contributed by atoms with Gasteiger partial charge in [0, 0.05) is 37.9 Å². The van der Waals surface area contributed by atoms with E-state index in [2.05, 4.69) is 10.2 Å². The van der Waals surface area contributed by atoms with Crippen LogP contribution < -0.4 is 10.2 Å². The standard InChI is InChI=1S/C22H38N4O6/c1-3-24(4-2)16-9-10-17(18(13-16)26(31)32)23-11-7-5-6-8-12-25-14-20(28)22(30)21(29)19(25)15-27/h9-10,13,19-23,27-30H,3-8,11-12,14-15H2,1-2H3/t19?,20-,21+,22+/m0/s1. The van der Waals surface area contributed by atoms with Crippen LogP contribution in [0.1, 0.15) is 39.5 Å². The van der Waals surface area contributed by atoms with Gasteiger partial charge in [-0.15, -0.1) is 0 Å². The van der Waals surface area contributed by atoms with Crippen LogP contribution in [0.25, 0.3) is 0 Å². The second-order valence-corrected chi connectivity index (χ2v) is 8.27. The number of nitrogens with zero attached hydrogens (tertiary/aromatic N) is 3. The summed E-state index contributed by atoms with van der Waals surface area (Å²) in [6.07, 6.45) is 0.0718. The van der Waals surface area contributed by atoms with Crippen molar-refractivity contribution in [1.29, 1.82) is 0 Å². The van der Waals surface area contributed by atoms with Crippen LogP contribution >= 0.6 is 0 Å². The predicted molar refractivity (Wildman–Crippen MR) is 124 cm³/mol. The van der Waals surface area contributed by atoms with Crippen molar-refractivity contribution in [2.45, 2.75) is 63.9 Å². The highest BCUT2D eigenvalue weighted by molar-refractivity contribution is 5.68. The fourth-order valence-corrected chi connectivity index (χ4v) is 4.26. The van der Waals surface area contributed by atoms with Crippen molar-refractivity contribution in [3.8, 4) is 0 Å². The molecule has 0 amide bonds. The Morgan fingerprint density at radius 3 is 2.44 bits per heavy atom. The number of benzene rings is 1. The molecule has 0 aliphatic carbocycles. The second-order valence-electron chi connectivity index (χ2n) is 8.27. The lowest BCUT2D eigenvalue weighted by molar-refractivity contribution is -0.383. The molecule has 0 saturated carbocycles. The molecule has 5 N–H and O–H groups in total. The number of rotatable bonds is 13. The highest BCUT2D eigenvalue weighted by Gasteiger charge is 2.40. The molecule has 0 bridgehead atoms. The van der Waals surface area contributed by atoms with E-state index in [1.165, 1.54) is 0 Å². The smallest absolute Gasteiger partial charge is 0.294 e. The summed E-state index contributed by atoms with van der Waals surface area (Å²) in [4.78, 5) is 15.0. The van der Waals surface area contributed by atoms with Crippen LogP contribution in [0.15, 0.2) is 18.2 Å². The van der Waals surface area contributed by atoms with Gasteiger partial charge in [0.2, 0.25) is 0 Å². The fourth-order valence-electron chi connectivity index (χ4n) is 4.26. The third kappa shape index (κ3) is 6.76. The Morgan fingerprint density at radius 1 is 1.12 bits per heavy atom. The van der Waals surface area contributed by atoms with Gasteiger partial charge in [-0.1, -0.05) is 12.8 Å². The van der Waals surface area contributed by atoms with E-state index in [9.17, 15) is 30.5 Å². The van der Waals surface area contributed by atoms with Gasteiger partial charge in [-0.3, -0.25) is 15.0 Å². The molecule has 10 heteroatoms. The lowest BCUT2D eigenvalue weighted by Crippen LogP contribution is -2.62. The molecule has 1 fully saturated rings. The molecule has 32 heavy (non-hydrogen) atoms. The second kappa shape index (κ2) is 12.9. The van der Waals surface area contributed by atoms with E-state index in [0.717, 1.165) is 44.5 Å². The molecule has 1 saturated heterocycles. The van der Waals surface area contributed by atoms with E-state index in [4.69, 9.17) is 0 Å². The van der Waals surface area contributed by atoms with Crippen molar-refractivity contribution in [1.82, 2.24) is 4.90 Å². The number of β-amino-alcohol motifs (C(OH)–C–C–N with tert-alkyl or cyclic N) is 1. The molecular weight excluding hydrogens is 416 g/mol. The molecule has 1 aromatic carbocycles. The Kier molecular flexibility index (Phi) is 10.6. The van der Waals surface area contributed by atoms with Crippen molar-refractivity contribution >= 4 is 17.1 Å². The van der Waals surface area contributed by atoms with E-state index in [-0.39, 0.29) is 23.8 Å². The fraction of sp³-hybridized carbons (Fsp3) is 0.727. The average Bonchev–Trinajstić information content (AvgIpc) is 2.78. The van der Waals surface area contributed by atoms with Gasteiger partial charge in [0.1, 0.15) is 17.9 Å². The zero-order valence-electron chi connectivity index (χ0n) is 19.1. The third-order valence-electron chi connectivity index (χ3n) is 6.21. The van der Waals surface area contributed by atoms with Gasteiger partial charge in [0.05, 0.1) is 23.7 Å². The topological polar surface area (TPSA) is 143 Å². The van der Waals surface area contributed by atoms with E-state index >= 15 is 0 Å². The Balaban J connectivity index is 1.75. The average molecular weight is 455 g/mol. The first-order valence-electron chi connectivity index (χ1n) is 11.5. The van der Waals surface area contributed by atoms with Crippen LogP contribution in [0.2, 0.25) is 0 Å². The van der Waals surface area contributed by atoms with E-state index in [1.54, 1.807) is 12.1 Å². The molecule has 10 nitrogen and oxygen atoms in total. The Labute approximate surface area is 189 Å². The molecule has 1 aliphatic heterocycles. The summed E-state index contributed by atoms with van der Waals surface area (Å²) in [6, 6.07) is 4.71. The van der Waals surface area contributed by atoms with Crippen molar-refractivity contribution in [3.63, 3.8) is 0 Å². The number of likely N-dealkylation sites (tertiary alicyclic amines) is 1. The summed E-state index contributed by atoms with van der Waals surface area (Å²) >= 11 is 0. The van der Waals surface area contributed by atoms with Crippen LogP contribution in [0, 0.1) is 10.1 Å². The number of nitrogens with one attached hydrogen (secondary N) is 1. The monoisotopic (exact) mass is 454 g/mol. The van der Waals surface area contributed by atoms with Gasteiger partial charge in [0.25, 0.3) is 5.69 Å². The maximum atomic E-state index is 11.5. The minimum Gasteiger partial charge on any atom is -0.395 e. The molecule has 1 unspecified atom stereocenters. The summed E-state index contributed by atoms with van der Waals surface area (Å²) in [5.74, 6) is 0. The Hall–Kier alpha value is -1.98. The molecule has 0 radical (unpaired) electrons. The SMILES string of the molecule is CCN(CC)c1ccc(NCCCCCCN2C[C@H](O)[C@@H](O)[C@H](O)C2CO)c([N+](=O)[O-])c1. The molecule has 0 spiro atoms. The predicted octanol–water partition coefficient (Wildman–Crippen LogP) is 1.17. The third-order valence-corrected chi connectivity index (χ3v) is 6.21. The highest BCUT2D eigenvalue weighted by Crippen LogP contribution is 2.30. The summed E-state index contributed by atoms with van der Waals surface area (Å²) in [7, 11) is 0. The number of aliphatic hydroxyl groups is 4. The minimum atomic E-state index is -1.24. The molecule has 182 valence electrons. The molecule has 0 aromatic heterocycles. The number of unbranched alkanes of at least 4 members (excludes halogenated alkanes) is 3. The van der Waals surface area contributed by atoms with Gasteiger partial charge in [0.15, 0.2) is 0 Å². The summed E-state index contributed by atoms with van der Waals surface area (Å²) in [6.45, 7) is 6.79. The molecule has 1 aromatic rings.